The van der Waals surface area contributed by atoms with Crippen LogP contribution < -0.4 is 11.1 Å². The third-order valence-electron chi connectivity index (χ3n) is 5.75. The minimum Gasteiger partial charge on any atom is -0.398 e. The number of amides is 3. The molecular weight excluding hydrogens is 479 g/mol. The number of rotatable bonds is 5. The van der Waals surface area contributed by atoms with E-state index in [4.69, 9.17) is 10.3 Å². The monoisotopic (exact) mass is 501 g/mol. The van der Waals surface area contributed by atoms with Crippen LogP contribution in [0.1, 0.15) is 26.4 Å². The second-order valence-corrected chi connectivity index (χ2v) is 8.06. The summed E-state index contributed by atoms with van der Waals surface area (Å²) in [7, 11) is 0. The maximum atomic E-state index is 13.2. The molecule has 0 radical (unpaired) electrons. The molecule has 2 heterocycles. The van der Waals surface area contributed by atoms with Gasteiger partial charge >= 0.3 is 6.18 Å². The zero-order chi connectivity index (χ0) is 25.9. The molecule has 1 saturated heterocycles. The van der Waals surface area contributed by atoms with Gasteiger partial charge in [-0.25, -0.2) is 0 Å². The highest BCUT2D eigenvalue weighted by molar-refractivity contribution is 5.97. The summed E-state index contributed by atoms with van der Waals surface area (Å²) < 4.78 is 44.9. The van der Waals surface area contributed by atoms with Crippen molar-refractivity contribution in [3.63, 3.8) is 0 Å². The summed E-state index contributed by atoms with van der Waals surface area (Å²) in [5.74, 6) is -1.46. The van der Waals surface area contributed by atoms with E-state index in [-0.39, 0.29) is 38.4 Å². The molecule has 0 spiro atoms. The quantitative estimate of drug-likeness (QED) is 0.519. The van der Waals surface area contributed by atoms with Gasteiger partial charge in [-0.1, -0.05) is 29.4 Å². The van der Waals surface area contributed by atoms with E-state index in [1.54, 1.807) is 24.3 Å². The molecule has 1 aliphatic heterocycles. The van der Waals surface area contributed by atoms with Crippen molar-refractivity contribution < 1.29 is 32.1 Å². The zero-order valence-corrected chi connectivity index (χ0v) is 18.9. The van der Waals surface area contributed by atoms with Crippen LogP contribution in [0.3, 0.4) is 0 Å². The summed E-state index contributed by atoms with van der Waals surface area (Å²) in [5.41, 5.74) is 5.47. The van der Waals surface area contributed by atoms with Crippen molar-refractivity contribution in [1.29, 1.82) is 0 Å². The lowest BCUT2D eigenvalue weighted by molar-refractivity contribution is -0.138. The standard InChI is InChI=1S/C24H22F3N5O4/c25-24(26,27)17-7-3-1-5-15(17)23(35)32-11-9-31(10-12-32)21(33)14-29-22(34)19-13-20(36-30-19)16-6-2-4-8-18(16)28/h1-8,13H,9-12,14,28H2,(H,29,34). The van der Waals surface area contributed by atoms with Crippen LogP contribution >= 0.6 is 0 Å². The molecule has 3 aromatic rings. The van der Waals surface area contributed by atoms with Crippen LogP contribution in [-0.4, -0.2) is 65.4 Å². The molecule has 3 amide bonds. The van der Waals surface area contributed by atoms with Crippen molar-refractivity contribution in [2.75, 3.05) is 38.5 Å². The first-order valence-electron chi connectivity index (χ1n) is 11.0. The molecule has 12 heteroatoms. The fourth-order valence-corrected chi connectivity index (χ4v) is 3.83. The number of halogens is 3. The first-order valence-corrected chi connectivity index (χ1v) is 11.0. The number of benzene rings is 2. The first kappa shape index (κ1) is 24.8. The summed E-state index contributed by atoms with van der Waals surface area (Å²) in [6, 6.07) is 12.9. The number of piperazine rings is 1. The molecule has 1 aliphatic rings. The summed E-state index contributed by atoms with van der Waals surface area (Å²) in [6.45, 7) is 0.0527. The number of hydrogen-bond donors (Lipinski definition) is 2. The van der Waals surface area contributed by atoms with E-state index >= 15 is 0 Å². The van der Waals surface area contributed by atoms with Crippen LogP contribution in [0.15, 0.2) is 59.1 Å². The number of nitrogens with two attached hydrogens (primary N) is 1. The number of para-hydroxylation sites is 1. The Balaban J connectivity index is 1.30. The van der Waals surface area contributed by atoms with E-state index in [1.807, 2.05) is 0 Å². The summed E-state index contributed by atoms with van der Waals surface area (Å²) in [5, 5.41) is 6.18. The van der Waals surface area contributed by atoms with Gasteiger partial charge in [0.25, 0.3) is 11.8 Å². The minimum absolute atomic E-state index is 0.0280. The second kappa shape index (κ2) is 10.1. The molecule has 9 nitrogen and oxygen atoms in total. The lowest BCUT2D eigenvalue weighted by Crippen LogP contribution is -2.52. The van der Waals surface area contributed by atoms with Gasteiger partial charge in [0.15, 0.2) is 11.5 Å². The Hall–Kier alpha value is -4.35. The van der Waals surface area contributed by atoms with Crippen molar-refractivity contribution in [3.8, 4) is 11.3 Å². The minimum atomic E-state index is -4.65. The number of aromatic nitrogens is 1. The van der Waals surface area contributed by atoms with Crippen molar-refractivity contribution >= 4 is 23.4 Å². The lowest BCUT2D eigenvalue weighted by atomic mass is 10.1. The van der Waals surface area contributed by atoms with E-state index in [0.29, 0.717) is 17.0 Å². The number of carbonyl (C=O) groups is 3. The Morgan fingerprint density at radius 2 is 1.61 bits per heavy atom. The second-order valence-electron chi connectivity index (χ2n) is 8.06. The van der Waals surface area contributed by atoms with E-state index in [1.165, 1.54) is 28.0 Å². The van der Waals surface area contributed by atoms with Crippen LogP contribution in [0.2, 0.25) is 0 Å². The summed E-state index contributed by atoms with van der Waals surface area (Å²) in [4.78, 5) is 40.3. The van der Waals surface area contributed by atoms with Gasteiger partial charge in [0, 0.05) is 43.5 Å². The van der Waals surface area contributed by atoms with Crippen molar-refractivity contribution in [1.82, 2.24) is 20.3 Å². The lowest BCUT2D eigenvalue weighted by Gasteiger charge is -2.35. The molecule has 4 rings (SSSR count). The Morgan fingerprint density at radius 1 is 0.972 bits per heavy atom. The SMILES string of the molecule is Nc1ccccc1-c1cc(C(=O)NCC(=O)N2CCN(C(=O)c3ccccc3C(F)(F)F)CC2)no1. The third kappa shape index (κ3) is 5.32. The van der Waals surface area contributed by atoms with Crippen LogP contribution in [0.4, 0.5) is 18.9 Å². The largest absolute Gasteiger partial charge is 0.417 e. The van der Waals surface area contributed by atoms with Crippen LogP contribution in [-0.2, 0) is 11.0 Å². The Labute approximate surface area is 203 Å². The Kier molecular flexibility index (Phi) is 6.95. The molecule has 1 fully saturated rings. The molecule has 3 N–H and O–H groups in total. The third-order valence-corrected chi connectivity index (χ3v) is 5.75. The number of nitrogens with zero attached hydrogens (tertiary/aromatic N) is 3. The number of carbonyl (C=O) groups excluding carboxylic acids is 3. The molecule has 0 bridgehead atoms. The molecule has 1 aromatic heterocycles. The Morgan fingerprint density at radius 3 is 2.31 bits per heavy atom. The van der Waals surface area contributed by atoms with Gasteiger partial charge in [-0.15, -0.1) is 0 Å². The topological polar surface area (TPSA) is 122 Å². The molecule has 0 saturated carbocycles. The van der Waals surface area contributed by atoms with Crippen molar-refractivity contribution in [2.45, 2.75) is 6.18 Å². The predicted octanol–water partition coefficient (Wildman–Crippen LogP) is 2.66. The number of nitrogen functional groups attached to an aromatic ring is 1. The average molecular weight is 501 g/mol. The van der Waals surface area contributed by atoms with Crippen LogP contribution in [0, 0.1) is 0 Å². The summed E-state index contributed by atoms with van der Waals surface area (Å²) >= 11 is 0. The van der Waals surface area contributed by atoms with Crippen LogP contribution in [0.5, 0.6) is 0 Å². The highest BCUT2D eigenvalue weighted by atomic mass is 19.4. The van der Waals surface area contributed by atoms with Gasteiger partial charge in [-0.3, -0.25) is 14.4 Å². The van der Waals surface area contributed by atoms with E-state index in [2.05, 4.69) is 10.5 Å². The molecule has 188 valence electrons. The van der Waals surface area contributed by atoms with Gasteiger partial charge < -0.3 is 25.4 Å². The Bertz CT molecular complexity index is 1280. The molecule has 36 heavy (non-hydrogen) atoms. The van der Waals surface area contributed by atoms with Crippen LogP contribution in [0.25, 0.3) is 11.3 Å². The number of alkyl halides is 3. The molecule has 2 aromatic carbocycles. The van der Waals surface area contributed by atoms with Gasteiger partial charge in [0.05, 0.1) is 17.7 Å². The fraction of sp³-hybridized carbons (Fsp3) is 0.250. The van der Waals surface area contributed by atoms with Gasteiger partial charge in [0.1, 0.15) is 0 Å². The highest BCUT2D eigenvalue weighted by Crippen LogP contribution is 2.32. The molecular formula is C24H22F3N5O4. The smallest absolute Gasteiger partial charge is 0.398 e. The molecule has 0 atom stereocenters. The highest BCUT2D eigenvalue weighted by Gasteiger charge is 2.36. The van der Waals surface area contributed by atoms with Gasteiger partial charge in [-0.05, 0) is 24.3 Å². The normalized spacial score (nSPS) is 14.0. The maximum absolute atomic E-state index is 13.2. The van der Waals surface area contributed by atoms with E-state index in [0.717, 1.165) is 12.1 Å². The summed E-state index contributed by atoms with van der Waals surface area (Å²) in [6.07, 6.45) is -4.65. The van der Waals surface area contributed by atoms with Crippen molar-refractivity contribution in [2.24, 2.45) is 0 Å². The number of nitrogens with one attached hydrogen (secondary N) is 1. The van der Waals surface area contributed by atoms with Crippen molar-refractivity contribution in [3.05, 3.63) is 71.4 Å². The molecule has 0 unspecified atom stereocenters. The maximum Gasteiger partial charge on any atom is 0.417 e. The average Bonchev–Trinajstić information content (AvgIpc) is 3.37. The number of anilines is 1. The number of hydrogen-bond acceptors (Lipinski definition) is 6. The predicted molar refractivity (Wildman–Crippen MR) is 123 cm³/mol. The molecule has 0 aliphatic carbocycles. The van der Waals surface area contributed by atoms with E-state index in [9.17, 15) is 27.6 Å². The van der Waals surface area contributed by atoms with Gasteiger partial charge in [0.2, 0.25) is 5.91 Å². The first-order chi connectivity index (χ1) is 17.1. The fourth-order valence-electron chi connectivity index (χ4n) is 3.83. The zero-order valence-electron chi connectivity index (χ0n) is 18.9. The van der Waals surface area contributed by atoms with Gasteiger partial charge in [-0.2, -0.15) is 13.2 Å². The van der Waals surface area contributed by atoms with E-state index < -0.39 is 35.0 Å².